The number of rotatable bonds is 6. The van der Waals surface area contributed by atoms with E-state index >= 15 is 0 Å². The molecule has 194 valence electrons. The Bertz CT molecular complexity index is 1130. The molecule has 0 saturated heterocycles. The molecule has 0 radical (unpaired) electrons. The van der Waals surface area contributed by atoms with Gasteiger partial charge in [-0.15, -0.1) is 0 Å². The summed E-state index contributed by atoms with van der Waals surface area (Å²) in [5.74, 6) is 0.362. The van der Waals surface area contributed by atoms with E-state index in [1.54, 1.807) is 23.1 Å². The van der Waals surface area contributed by atoms with Crippen molar-refractivity contribution in [3.63, 3.8) is 0 Å². The van der Waals surface area contributed by atoms with Gasteiger partial charge in [0.1, 0.15) is 0 Å². The van der Waals surface area contributed by atoms with Gasteiger partial charge in [-0.05, 0) is 30.4 Å². The summed E-state index contributed by atoms with van der Waals surface area (Å²) in [6.07, 6.45) is 1.27. The van der Waals surface area contributed by atoms with E-state index in [4.69, 9.17) is 0 Å². The zero-order valence-corrected chi connectivity index (χ0v) is 19.6. The molecule has 1 aliphatic heterocycles. The average molecular weight is 525 g/mol. The van der Waals surface area contributed by atoms with Gasteiger partial charge >= 0.3 is 21.7 Å². The number of halogens is 6. The summed E-state index contributed by atoms with van der Waals surface area (Å²) in [6, 6.07) is 5.53. The molecule has 13 heteroatoms. The van der Waals surface area contributed by atoms with Gasteiger partial charge in [-0.25, -0.2) is 13.4 Å². The molecule has 4 rings (SSSR count). The first kappa shape index (κ1) is 25.8. The maximum atomic E-state index is 13.5. The molecule has 1 aromatic heterocycles. The molecule has 2 aromatic rings. The van der Waals surface area contributed by atoms with Crippen molar-refractivity contribution >= 4 is 15.7 Å². The van der Waals surface area contributed by atoms with Crippen molar-refractivity contribution in [2.45, 2.75) is 69.3 Å². The minimum Gasteiger partial charge on any atom is -0.361 e. The van der Waals surface area contributed by atoms with Crippen LogP contribution >= 0.6 is 0 Å². The van der Waals surface area contributed by atoms with Crippen LogP contribution in [0.4, 0.5) is 32.0 Å². The standard InChI is InChI=1S/C22H26F6N4O2S/c23-21(24,25)20-18(29-14-30-20)13-32-17(10-9-15-5-1-2-6-15)12-31(35(33,34)22(26,27)28)11-16-7-3-4-8-19(16)32/h3-4,7-8,14-15,17H,1-2,5-6,9-13H2,(H,29,30)/t17-/m0/s1. The summed E-state index contributed by atoms with van der Waals surface area (Å²) in [7, 11) is -5.65. The molecule has 1 atom stereocenters. The molecule has 0 bridgehead atoms. The van der Waals surface area contributed by atoms with Gasteiger partial charge in [-0.1, -0.05) is 43.9 Å². The number of alkyl halides is 6. The molecule has 1 fully saturated rings. The summed E-state index contributed by atoms with van der Waals surface area (Å²) in [5.41, 5.74) is -6.12. The Labute approximate surface area is 199 Å². The fourth-order valence-corrected chi connectivity index (χ4v) is 6.05. The van der Waals surface area contributed by atoms with Gasteiger partial charge in [0.05, 0.1) is 18.6 Å². The fourth-order valence-electron chi connectivity index (χ4n) is 5.08. The molecule has 0 unspecified atom stereocenters. The highest BCUT2D eigenvalue weighted by molar-refractivity contribution is 7.89. The lowest BCUT2D eigenvalue weighted by molar-refractivity contribution is -0.141. The van der Waals surface area contributed by atoms with Crippen molar-refractivity contribution in [2.24, 2.45) is 5.92 Å². The highest BCUT2D eigenvalue weighted by Gasteiger charge is 2.51. The topological polar surface area (TPSA) is 69.3 Å². The Hall–Kier alpha value is -2.28. The molecule has 2 aliphatic rings. The largest absolute Gasteiger partial charge is 0.511 e. The Morgan fingerprint density at radius 2 is 1.71 bits per heavy atom. The highest BCUT2D eigenvalue weighted by Crippen LogP contribution is 2.38. The Morgan fingerprint density at radius 1 is 1.03 bits per heavy atom. The number of H-pyrrole nitrogens is 1. The van der Waals surface area contributed by atoms with E-state index in [1.165, 1.54) is 6.07 Å². The second kappa shape index (κ2) is 9.64. The number of fused-ring (bicyclic) bond motifs is 1. The lowest BCUT2D eigenvalue weighted by Crippen LogP contribution is -2.47. The molecule has 1 aromatic carbocycles. The van der Waals surface area contributed by atoms with Crippen molar-refractivity contribution < 1.29 is 34.8 Å². The number of aromatic nitrogens is 2. The van der Waals surface area contributed by atoms with Crippen LogP contribution in [0.3, 0.4) is 0 Å². The van der Waals surface area contributed by atoms with Gasteiger partial charge in [0.2, 0.25) is 0 Å². The quantitative estimate of drug-likeness (QED) is 0.511. The van der Waals surface area contributed by atoms with Crippen LogP contribution in [-0.4, -0.2) is 40.8 Å². The van der Waals surface area contributed by atoms with E-state index < -0.39 is 46.5 Å². The molecule has 1 N–H and O–H groups in total. The molecule has 0 amide bonds. The van der Waals surface area contributed by atoms with Crippen molar-refractivity contribution in [3.8, 4) is 0 Å². The van der Waals surface area contributed by atoms with E-state index in [0.717, 1.165) is 32.0 Å². The number of hydrogen-bond acceptors (Lipinski definition) is 4. The molecule has 1 aliphatic carbocycles. The first-order valence-corrected chi connectivity index (χ1v) is 12.8. The van der Waals surface area contributed by atoms with Crippen LogP contribution in [0.25, 0.3) is 0 Å². The van der Waals surface area contributed by atoms with Crippen molar-refractivity contribution in [1.82, 2.24) is 14.3 Å². The van der Waals surface area contributed by atoms with Crippen LogP contribution in [0.2, 0.25) is 0 Å². The van der Waals surface area contributed by atoms with Gasteiger partial charge in [0, 0.05) is 24.8 Å². The minimum atomic E-state index is -5.65. The molecule has 2 heterocycles. The monoisotopic (exact) mass is 524 g/mol. The Balaban J connectivity index is 1.74. The number of para-hydroxylation sites is 1. The van der Waals surface area contributed by atoms with Crippen molar-refractivity contribution in [3.05, 3.63) is 47.5 Å². The molecule has 0 spiro atoms. The number of imidazole rings is 1. The summed E-state index contributed by atoms with van der Waals surface area (Å²) >= 11 is 0. The summed E-state index contributed by atoms with van der Waals surface area (Å²) < 4.78 is 106. The number of nitrogens with zero attached hydrogens (tertiary/aromatic N) is 3. The van der Waals surface area contributed by atoms with Crippen LogP contribution in [0.15, 0.2) is 30.6 Å². The maximum Gasteiger partial charge on any atom is 0.511 e. The van der Waals surface area contributed by atoms with Gasteiger partial charge in [-0.2, -0.15) is 30.6 Å². The molecule has 1 saturated carbocycles. The Kier molecular flexibility index (Phi) is 7.11. The van der Waals surface area contributed by atoms with Crippen LogP contribution in [0.1, 0.15) is 55.5 Å². The smallest absolute Gasteiger partial charge is 0.361 e. The second-order valence-corrected chi connectivity index (χ2v) is 11.0. The zero-order valence-electron chi connectivity index (χ0n) is 18.7. The number of benzene rings is 1. The number of hydrogen-bond donors (Lipinski definition) is 1. The lowest BCUT2D eigenvalue weighted by atomic mass is 9.97. The highest BCUT2D eigenvalue weighted by atomic mass is 32.2. The summed E-state index contributed by atoms with van der Waals surface area (Å²) in [6.45, 7) is -1.32. The number of sulfonamides is 1. The SMILES string of the molecule is O=S(=O)(N1Cc2ccccc2N(Cc2[nH]cnc2C(F)(F)F)[C@@H](CCC2CCCC2)C1)C(F)(F)F. The third kappa shape index (κ3) is 5.45. The van der Waals surface area contributed by atoms with Crippen molar-refractivity contribution in [1.29, 1.82) is 0 Å². The molecular formula is C22H26F6N4O2S. The number of aromatic amines is 1. The van der Waals surface area contributed by atoms with E-state index in [1.807, 2.05) is 0 Å². The normalized spacial score (nSPS) is 20.7. The third-order valence-electron chi connectivity index (χ3n) is 6.83. The van der Waals surface area contributed by atoms with E-state index in [9.17, 15) is 34.8 Å². The van der Waals surface area contributed by atoms with Gasteiger partial charge in [0.15, 0.2) is 5.69 Å². The summed E-state index contributed by atoms with van der Waals surface area (Å²) in [5, 5.41) is 0. The minimum absolute atomic E-state index is 0.231. The summed E-state index contributed by atoms with van der Waals surface area (Å²) in [4.78, 5) is 7.50. The molecule has 6 nitrogen and oxygen atoms in total. The van der Waals surface area contributed by atoms with Crippen molar-refractivity contribution in [2.75, 3.05) is 11.4 Å². The number of anilines is 1. The first-order chi connectivity index (χ1) is 16.4. The zero-order chi connectivity index (χ0) is 25.4. The second-order valence-electron chi connectivity index (χ2n) is 9.11. The maximum absolute atomic E-state index is 13.5. The predicted octanol–water partition coefficient (Wildman–Crippen LogP) is 5.44. The van der Waals surface area contributed by atoms with E-state index in [0.29, 0.717) is 28.8 Å². The van der Waals surface area contributed by atoms with Gasteiger partial charge in [-0.3, -0.25) is 0 Å². The van der Waals surface area contributed by atoms with E-state index in [-0.39, 0.29) is 17.8 Å². The van der Waals surface area contributed by atoms with Gasteiger partial charge in [0.25, 0.3) is 0 Å². The average Bonchev–Trinajstić information content (AvgIpc) is 3.43. The predicted molar refractivity (Wildman–Crippen MR) is 117 cm³/mol. The number of nitrogens with one attached hydrogen (secondary N) is 1. The fraction of sp³-hybridized carbons (Fsp3) is 0.591. The van der Waals surface area contributed by atoms with Gasteiger partial charge < -0.3 is 9.88 Å². The Morgan fingerprint density at radius 3 is 2.37 bits per heavy atom. The third-order valence-corrected chi connectivity index (χ3v) is 8.38. The van der Waals surface area contributed by atoms with E-state index in [2.05, 4.69) is 9.97 Å². The lowest BCUT2D eigenvalue weighted by Gasteiger charge is -2.35. The first-order valence-electron chi connectivity index (χ1n) is 11.4. The molecular weight excluding hydrogens is 498 g/mol. The molecule has 35 heavy (non-hydrogen) atoms. The van der Waals surface area contributed by atoms with Crippen LogP contribution < -0.4 is 4.90 Å². The van der Waals surface area contributed by atoms with Crippen LogP contribution in [0, 0.1) is 5.92 Å². The van der Waals surface area contributed by atoms with Crippen LogP contribution in [0.5, 0.6) is 0 Å². The van der Waals surface area contributed by atoms with Crippen LogP contribution in [-0.2, 0) is 29.3 Å².